The maximum atomic E-state index is 6.68. The number of hydrogen-bond donors (Lipinski definition) is 0. The summed E-state index contributed by atoms with van der Waals surface area (Å²) in [5.74, 6) is 3.44. The maximum absolute atomic E-state index is 6.68. The molecule has 2 aromatic heterocycles. The number of halogens is 1. The summed E-state index contributed by atoms with van der Waals surface area (Å²) in [6, 6.07) is 8.00. The molecule has 0 atom stereocenters. The molecular weight excluding hydrogens is 410 g/mol. The molecule has 7 heteroatoms. The van der Waals surface area contributed by atoms with Gasteiger partial charge in [-0.1, -0.05) is 45.2 Å². The van der Waals surface area contributed by atoms with Gasteiger partial charge in [-0.25, -0.2) is 4.98 Å². The molecule has 0 amide bonds. The average Bonchev–Trinajstić information content (AvgIpc) is 3.25. The van der Waals surface area contributed by atoms with Crippen LogP contribution in [0.5, 0.6) is 5.75 Å². The molecule has 31 heavy (non-hydrogen) atoms. The minimum Gasteiger partial charge on any atom is -0.497 e. The zero-order valence-electron chi connectivity index (χ0n) is 19.1. The van der Waals surface area contributed by atoms with Crippen LogP contribution in [0.3, 0.4) is 0 Å². The van der Waals surface area contributed by atoms with Crippen LogP contribution in [-0.2, 0) is 0 Å². The number of aromatic nitrogens is 3. The van der Waals surface area contributed by atoms with Gasteiger partial charge in [0.15, 0.2) is 0 Å². The molecule has 3 aromatic rings. The number of ether oxygens (including phenoxy) is 1. The predicted molar refractivity (Wildman–Crippen MR) is 130 cm³/mol. The fourth-order valence-corrected chi connectivity index (χ4v) is 4.12. The van der Waals surface area contributed by atoms with Crippen LogP contribution in [0.4, 0.5) is 17.3 Å². The van der Waals surface area contributed by atoms with E-state index in [4.69, 9.17) is 21.3 Å². The summed E-state index contributed by atoms with van der Waals surface area (Å²) >= 11 is 6.68. The third-order valence-corrected chi connectivity index (χ3v) is 5.66. The van der Waals surface area contributed by atoms with Crippen molar-refractivity contribution < 1.29 is 4.74 Å². The summed E-state index contributed by atoms with van der Waals surface area (Å²) in [5.41, 5.74) is 0.936. The van der Waals surface area contributed by atoms with Crippen LogP contribution < -0.4 is 14.5 Å². The largest absolute Gasteiger partial charge is 0.497 e. The van der Waals surface area contributed by atoms with Crippen LogP contribution in [0, 0.1) is 0 Å². The average molecular weight is 444 g/mol. The number of anilines is 3. The van der Waals surface area contributed by atoms with Gasteiger partial charge in [-0.2, -0.15) is 4.98 Å². The van der Waals surface area contributed by atoms with E-state index in [0.29, 0.717) is 10.8 Å². The Bertz CT molecular complexity index is 968. The summed E-state index contributed by atoms with van der Waals surface area (Å²) in [6.07, 6.45) is 9.33. The molecule has 0 spiro atoms. The Morgan fingerprint density at radius 3 is 2.42 bits per heavy atom. The number of benzene rings is 1. The van der Waals surface area contributed by atoms with Gasteiger partial charge in [0.1, 0.15) is 17.4 Å². The molecule has 2 heterocycles. The zero-order valence-corrected chi connectivity index (χ0v) is 19.9. The highest BCUT2D eigenvalue weighted by molar-refractivity contribution is 6.33. The first-order valence-corrected chi connectivity index (χ1v) is 11.7. The molecule has 0 unspecified atom stereocenters. The predicted octanol–water partition coefficient (Wildman–Crippen LogP) is 6.35. The topological polar surface area (TPSA) is 45.9 Å². The second kappa shape index (κ2) is 11.2. The Hall–Kier alpha value is -2.47. The quantitative estimate of drug-likeness (QED) is 0.305. The second-order valence-corrected chi connectivity index (χ2v) is 8.14. The van der Waals surface area contributed by atoms with Crippen LogP contribution in [0.1, 0.15) is 52.9 Å². The number of nitrogens with zero attached hydrogens (tertiary/aromatic N) is 5. The lowest BCUT2D eigenvalue weighted by Gasteiger charge is -2.29. The van der Waals surface area contributed by atoms with Crippen molar-refractivity contribution in [3.05, 3.63) is 41.7 Å². The lowest BCUT2D eigenvalue weighted by molar-refractivity contribution is 0.415. The molecule has 1 aromatic carbocycles. The summed E-state index contributed by atoms with van der Waals surface area (Å²) in [5, 5.41) is 0.654. The first kappa shape index (κ1) is 23.2. The molecule has 0 bridgehead atoms. The van der Waals surface area contributed by atoms with E-state index in [9.17, 15) is 0 Å². The van der Waals surface area contributed by atoms with E-state index >= 15 is 0 Å². The molecule has 0 fully saturated rings. The Morgan fingerprint density at radius 2 is 1.77 bits per heavy atom. The maximum Gasteiger partial charge on any atom is 0.237 e. The molecule has 6 nitrogen and oxygen atoms in total. The van der Waals surface area contributed by atoms with Gasteiger partial charge in [0, 0.05) is 44.2 Å². The number of methoxy groups -OCH3 is 1. The minimum absolute atomic E-state index is 0.654. The van der Waals surface area contributed by atoms with E-state index in [1.807, 2.05) is 30.6 Å². The van der Waals surface area contributed by atoms with Gasteiger partial charge in [0.25, 0.3) is 0 Å². The fourth-order valence-electron chi connectivity index (χ4n) is 3.85. The highest BCUT2D eigenvalue weighted by Crippen LogP contribution is 2.35. The summed E-state index contributed by atoms with van der Waals surface area (Å²) < 4.78 is 7.43. The van der Waals surface area contributed by atoms with Crippen LogP contribution in [0.25, 0.3) is 5.78 Å². The molecule has 0 aliphatic heterocycles. The van der Waals surface area contributed by atoms with Gasteiger partial charge < -0.3 is 14.5 Å². The Labute approximate surface area is 190 Å². The highest BCUT2D eigenvalue weighted by atomic mass is 35.5. The van der Waals surface area contributed by atoms with E-state index < -0.39 is 0 Å². The molecular formula is C24H34ClN5O. The number of imidazole rings is 1. The van der Waals surface area contributed by atoms with Crippen LogP contribution in [0.2, 0.25) is 5.02 Å². The van der Waals surface area contributed by atoms with E-state index in [1.54, 1.807) is 7.11 Å². The van der Waals surface area contributed by atoms with E-state index in [-0.39, 0.29) is 0 Å². The van der Waals surface area contributed by atoms with Gasteiger partial charge in [-0.05, 0) is 31.4 Å². The zero-order chi connectivity index (χ0) is 22.2. The molecule has 0 aliphatic carbocycles. The normalized spacial score (nSPS) is 11.1. The minimum atomic E-state index is 0.654. The van der Waals surface area contributed by atoms with Gasteiger partial charge in [-0.15, -0.1) is 0 Å². The summed E-state index contributed by atoms with van der Waals surface area (Å²) in [4.78, 5) is 14.0. The number of hydrogen-bond acceptors (Lipinski definition) is 5. The number of rotatable bonds is 12. The van der Waals surface area contributed by atoms with Gasteiger partial charge >= 0.3 is 0 Å². The van der Waals surface area contributed by atoms with Crippen molar-refractivity contribution in [3.8, 4) is 5.75 Å². The molecule has 0 saturated carbocycles. The number of unbranched alkanes of at least 4 members (excludes halogenated alkanes) is 2. The van der Waals surface area contributed by atoms with Gasteiger partial charge in [-0.3, -0.25) is 4.40 Å². The lowest BCUT2D eigenvalue weighted by Crippen LogP contribution is -2.28. The van der Waals surface area contributed by atoms with Crippen molar-refractivity contribution in [1.29, 1.82) is 0 Å². The molecule has 0 aliphatic rings. The van der Waals surface area contributed by atoms with Crippen LogP contribution in [0.15, 0.2) is 36.7 Å². The van der Waals surface area contributed by atoms with Crippen molar-refractivity contribution in [1.82, 2.24) is 14.4 Å². The SMILES string of the molecule is CCCCCN(c1cc(N(CCC)CCC)n2ccnc2n1)c1ccc(OC)cc1Cl. The van der Waals surface area contributed by atoms with Crippen molar-refractivity contribution in [2.24, 2.45) is 0 Å². The molecule has 0 N–H and O–H groups in total. The van der Waals surface area contributed by atoms with Crippen molar-refractivity contribution in [2.45, 2.75) is 52.9 Å². The molecule has 0 saturated heterocycles. The highest BCUT2D eigenvalue weighted by Gasteiger charge is 2.19. The van der Waals surface area contributed by atoms with Gasteiger partial charge in [0.2, 0.25) is 5.78 Å². The van der Waals surface area contributed by atoms with Crippen LogP contribution >= 0.6 is 11.6 Å². The molecule has 0 radical (unpaired) electrons. The van der Waals surface area contributed by atoms with Gasteiger partial charge in [0.05, 0.1) is 17.8 Å². The van der Waals surface area contributed by atoms with E-state index in [1.165, 1.54) is 0 Å². The van der Waals surface area contributed by atoms with Crippen molar-refractivity contribution >= 4 is 34.7 Å². The lowest BCUT2D eigenvalue weighted by atomic mass is 10.2. The standard InChI is InChI=1S/C24H34ClN5O/c1-5-8-9-15-29(21-11-10-19(31-4)17-20(21)25)22-18-23(28(13-6-2)14-7-3)30-16-12-26-24(30)27-22/h10-12,16-18H,5-9,13-15H2,1-4H3. The Balaban J connectivity index is 2.10. The van der Waals surface area contributed by atoms with Crippen molar-refractivity contribution in [2.75, 3.05) is 36.5 Å². The first-order valence-electron chi connectivity index (χ1n) is 11.3. The first-order chi connectivity index (χ1) is 15.1. The second-order valence-electron chi connectivity index (χ2n) is 7.73. The third-order valence-electron chi connectivity index (χ3n) is 5.36. The number of fused-ring (bicyclic) bond motifs is 1. The third kappa shape index (κ3) is 5.42. The van der Waals surface area contributed by atoms with E-state index in [0.717, 1.165) is 74.8 Å². The molecule has 168 valence electrons. The summed E-state index contributed by atoms with van der Waals surface area (Å²) in [7, 11) is 1.65. The Morgan fingerprint density at radius 1 is 1.00 bits per heavy atom. The summed E-state index contributed by atoms with van der Waals surface area (Å²) in [6.45, 7) is 9.46. The van der Waals surface area contributed by atoms with Crippen LogP contribution in [-0.4, -0.2) is 41.1 Å². The Kier molecular flexibility index (Phi) is 8.41. The monoisotopic (exact) mass is 443 g/mol. The van der Waals surface area contributed by atoms with E-state index in [2.05, 4.69) is 46.0 Å². The molecule has 3 rings (SSSR count). The smallest absolute Gasteiger partial charge is 0.237 e. The fraction of sp³-hybridized carbons (Fsp3) is 0.500. The van der Waals surface area contributed by atoms with Crippen molar-refractivity contribution in [3.63, 3.8) is 0 Å².